The summed E-state index contributed by atoms with van der Waals surface area (Å²) in [4.78, 5) is 12.3. The van der Waals surface area contributed by atoms with E-state index in [-0.39, 0.29) is 12.1 Å². The second-order valence-electron chi connectivity index (χ2n) is 5.45. The third-order valence-corrected chi connectivity index (χ3v) is 3.62. The van der Waals surface area contributed by atoms with E-state index in [0.717, 1.165) is 0 Å². The zero-order chi connectivity index (χ0) is 17.8. The monoisotopic (exact) mass is 341 g/mol. The zero-order valence-corrected chi connectivity index (χ0v) is 13.4. The van der Waals surface area contributed by atoms with Crippen LogP contribution in [0.25, 0.3) is 11.5 Å². The van der Waals surface area contributed by atoms with Crippen molar-refractivity contribution in [3.63, 3.8) is 0 Å². The van der Waals surface area contributed by atoms with E-state index in [9.17, 15) is 14.3 Å². The fourth-order valence-electron chi connectivity index (χ4n) is 2.35. The molecule has 1 heterocycles. The van der Waals surface area contributed by atoms with Crippen LogP contribution in [0.3, 0.4) is 0 Å². The normalized spacial score (nSPS) is 12.0. The Kier molecular flexibility index (Phi) is 4.85. The molecule has 7 heteroatoms. The van der Waals surface area contributed by atoms with Gasteiger partial charge in [-0.2, -0.15) is 0 Å². The van der Waals surface area contributed by atoms with E-state index in [1.807, 2.05) is 0 Å². The first-order chi connectivity index (χ1) is 12.0. The minimum Gasteiger partial charge on any atom is -0.421 e. The van der Waals surface area contributed by atoms with Gasteiger partial charge in [0.25, 0.3) is 5.91 Å². The Balaban J connectivity index is 1.68. The topological polar surface area (TPSA) is 88.2 Å². The predicted octanol–water partition coefficient (Wildman–Crippen LogP) is 2.65. The number of aliphatic hydroxyl groups is 1. The molecule has 25 heavy (non-hydrogen) atoms. The Hall–Kier alpha value is -3.06. The number of aliphatic hydroxyl groups excluding tert-OH is 1. The summed E-state index contributed by atoms with van der Waals surface area (Å²) < 4.78 is 19.0. The van der Waals surface area contributed by atoms with Gasteiger partial charge in [-0.1, -0.05) is 24.3 Å². The first-order valence-corrected chi connectivity index (χ1v) is 7.66. The maximum Gasteiger partial charge on any atom is 0.251 e. The number of halogens is 1. The van der Waals surface area contributed by atoms with Gasteiger partial charge in [0.1, 0.15) is 5.82 Å². The number of aromatic nitrogens is 2. The fourth-order valence-corrected chi connectivity index (χ4v) is 2.35. The van der Waals surface area contributed by atoms with Gasteiger partial charge in [-0.05, 0) is 24.3 Å². The molecule has 0 aliphatic carbocycles. The molecular weight excluding hydrogens is 325 g/mol. The van der Waals surface area contributed by atoms with Crippen LogP contribution >= 0.6 is 0 Å². The molecule has 1 aromatic heterocycles. The van der Waals surface area contributed by atoms with Crippen LogP contribution in [0.1, 0.15) is 27.9 Å². The van der Waals surface area contributed by atoms with Crippen molar-refractivity contribution in [1.29, 1.82) is 0 Å². The van der Waals surface area contributed by atoms with Gasteiger partial charge in [0.05, 0.1) is 6.10 Å². The van der Waals surface area contributed by atoms with Crippen LogP contribution in [-0.2, 0) is 0 Å². The minimum absolute atomic E-state index is 0.107. The highest BCUT2D eigenvalue weighted by Gasteiger charge is 2.15. The lowest BCUT2D eigenvalue weighted by atomic mass is 10.1. The average Bonchev–Trinajstić information content (AvgIpc) is 3.06. The number of hydrogen-bond donors (Lipinski definition) is 2. The van der Waals surface area contributed by atoms with Gasteiger partial charge >= 0.3 is 0 Å². The maximum atomic E-state index is 13.6. The SMILES string of the molecule is Cc1nnc(-c2cccc(C(=O)NCC(O)c3ccccc3F)c2)o1. The number of aryl methyl sites for hydroxylation is 1. The Labute approximate surface area is 143 Å². The number of amides is 1. The molecule has 3 rings (SSSR count). The Morgan fingerprint density at radius 2 is 2.04 bits per heavy atom. The molecule has 6 nitrogen and oxygen atoms in total. The molecule has 0 radical (unpaired) electrons. The number of rotatable bonds is 5. The van der Waals surface area contributed by atoms with Crippen molar-refractivity contribution < 1.29 is 18.7 Å². The first kappa shape index (κ1) is 16.8. The number of carbonyl (C=O) groups is 1. The molecular formula is C18H16FN3O3. The van der Waals surface area contributed by atoms with Gasteiger partial charge in [-0.25, -0.2) is 4.39 Å². The average molecular weight is 341 g/mol. The Morgan fingerprint density at radius 3 is 2.76 bits per heavy atom. The summed E-state index contributed by atoms with van der Waals surface area (Å²) in [5.41, 5.74) is 1.12. The van der Waals surface area contributed by atoms with Crippen LogP contribution in [0.2, 0.25) is 0 Å². The van der Waals surface area contributed by atoms with Crippen molar-refractivity contribution >= 4 is 5.91 Å². The van der Waals surface area contributed by atoms with Crippen molar-refractivity contribution in [2.45, 2.75) is 13.0 Å². The van der Waals surface area contributed by atoms with Crippen molar-refractivity contribution in [2.24, 2.45) is 0 Å². The largest absolute Gasteiger partial charge is 0.421 e. The van der Waals surface area contributed by atoms with Crippen molar-refractivity contribution in [2.75, 3.05) is 6.54 Å². The van der Waals surface area contributed by atoms with Crippen LogP contribution in [0, 0.1) is 12.7 Å². The van der Waals surface area contributed by atoms with Gasteiger partial charge in [0, 0.05) is 30.2 Å². The van der Waals surface area contributed by atoms with E-state index >= 15 is 0 Å². The molecule has 2 aromatic carbocycles. The molecule has 1 atom stereocenters. The van der Waals surface area contributed by atoms with Crippen LogP contribution in [-0.4, -0.2) is 27.8 Å². The molecule has 1 amide bonds. The molecule has 3 aromatic rings. The number of carbonyl (C=O) groups excluding carboxylic acids is 1. The van der Waals surface area contributed by atoms with E-state index < -0.39 is 17.8 Å². The standard InChI is InChI=1S/C18H16FN3O3/c1-11-21-22-18(25-11)13-6-4-5-12(9-13)17(24)20-10-16(23)14-7-2-3-8-15(14)19/h2-9,16,23H,10H2,1H3,(H,20,24). The predicted molar refractivity (Wildman–Crippen MR) is 88.2 cm³/mol. The van der Waals surface area contributed by atoms with E-state index in [1.54, 1.807) is 37.3 Å². The molecule has 0 saturated heterocycles. The second kappa shape index (κ2) is 7.23. The number of hydrogen-bond acceptors (Lipinski definition) is 5. The highest BCUT2D eigenvalue weighted by atomic mass is 19.1. The molecule has 0 fully saturated rings. The minimum atomic E-state index is -1.13. The highest BCUT2D eigenvalue weighted by Crippen LogP contribution is 2.19. The van der Waals surface area contributed by atoms with E-state index in [4.69, 9.17) is 4.42 Å². The van der Waals surface area contributed by atoms with Crippen molar-refractivity contribution in [3.05, 3.63) is 71.4 Å². The molecule has 2 N–H and O–H groups in total. The highest BCUT2D eigenvalue weighted by molar-refractivity contribution is 5.95. The summed E-state index contributed by atoms with van der Waals surface area (Å²) in [6.45, 7) is 1.57. The number of nitrogens with zero attached hydrogens (tertiary/aromatic N) is 2. The van der Waals surface area contributed by atoms with Gasteiger partial charge in [0.2, 0.25) is 11.8 Å². The van der Waals surface area contributed by atoms with E-state index in [1.165, 1.54) is 18.2 Å². The summed E-state index contributed by atoms with van der Waals surface area (Å²) in [5, 5.41) is 20.3. The molecule has 1 unspecified atom stereocenters. The lowest BCUT2D eigenvalue weighted by Gasteiger charge is -2.13. The third kappa shape index (κ3) is 3.89. The quantitative estimate of drug-likeness (QED) is 0.745. The van der Waals surface area contributed by atoms with Gasteiger partial charge in [0.15, 0.2) is 0 Å². The van der Waals surface area contributed by atoms with Gasteiger partial charge in [-0.3, -0.25) is 4.79 Å². The van der Waals surface area contributed by atoms with Crippen LogP contribution in [0.4, 0.5) is 4.39 Å². The van der Waals surface area contributed by atoms with Crippen LogP contribution in [0.15, 0.2) is 52.9 Å². The Morgan fingerprint density at radius 1 is 1.24 bits per heavy atom. The molecule has 0 bridgehead atoms. The van der Waals surface area contributed by atoms with Gasteiger partial charge in [-0.15, -0.1) is 10.2 Å². The summed E-state index contributed by atoms with van der Waals surface area (Å²) in [6.07, 6.45) is -1.13. The molecule has 0 aliphatic rings. The summed E-state index contributed by atoms with van der Waals surface area (Å²) >= 11 is 0. The Bertz CT molecular complexity index is 895. The van der Waals surface area contributed by atoms with E-state index in [2.05, 4.69) is 15.5 Å². The molecule has 0 saturated carbocycles. The van der Waals surface area contributed by atoms with Crippen LogP contribution < -0.4 is 5.32 Å². The fraction of sp³-hybridized carbons (Fsp3) is 0.167. The molecule has 128 valence electrons. The number of benzene rings is 2. The van der Waals surface area contributed by atoms with Crippen LogP contribution in [0.5, 0.6) is 0 Å². The van der Waals surface area contributed by atoms with Crippen molar-refractivity contribution in [1.82, 2.24) is 15.5 Å². The summed E-state index contributed by atoms with van der Waals surface area (Å²) in [7, 11) is 0. The second-order valence-corrected chi connectivity index (χ2v) is 5.45. The number of nitrogens with one attached hydrogen (secondary N) is 1. The lowest BCUT2D eigenvalue weighted by molar-refractivity contribution is 0.0914. The third-order valence-electron chi connectivity index (χ3n) is 3.62. The lowest BCUT2D eigenvalue weighted by Crippen LogP contribution is -2.28. The van der Waals surface area contributed by atoms with Gasteiger partial charge < -0.3 is 14.8 Å². The van der Waals surface area contributed by atoms with E-state index in [0.29, 0.717) is 22.9 Å². The smallest absolute Gasteiger partial charge is 0.251 e. The zero-order valence-electron chi connectivity index (χ0n) is 13.4. The summed E-state index contributed by atoms with van der Waals surface area (Å²) in [5.74, 6) is -0.164. The van der Waals surface area contributed by atoms with Crippen molar-refractivity contribution in [3.8, 4) is 11.5 Å². The first-order valence-electron chi connectivity index (χ1n) is 7.66. The summed E-state index contributed by atoms with van der Waals surface area (Å²) in [6, 6.07) is 12.6. The maximum absolute atomic E-state index is 13.6. The molecule has 0 aliphatic heterocycles. The molecule has 0 spiro atoms.